The fourth-order valence-corrected chi connectivity index (χ4v) is 2.75. The molecule has 5 heteroatoms. The number of hydroxylamine groups is 1. The van der Waals surface area contributed by atoms with E-state index in [9.17, 15) is 10.2 Å². The Balaban J connectivity index is 1.77. The third-order valence-electron chi connectivity index (χ3n) is 3.94. The number of ether oxygens (including phenoxy) is 1. The molecule has 0 amide bonds. The average Bonchev–Trinajstić information content (AvgIpc) is 3.04. The van der Waals surface area contributed by atoms with Crippen LogP contribution in [0.25, 0.3) is 0 Å². The SMILES string of the molecule is CCC1NOC2C(O)C(O)C(C3CC3)OC12. The molecule has 0 aromatic heterocycles. The zero-order valence-electron chi connectivity index (χ0n) is 9.37. The minimum atomic E-state index is -0.839. The van der Waals surface area contributed by atoms with Crippen molar-refractivity contribution in [3.63, 3.8) is 0 Å². The summed E-state index contributed by atoms with van der Waals surface area (Å²) in [5.41, 5.74) is 2.88. The molecule has 0 aromatic rings. The minimum Gasteiger partial charge on any atom is -0.388 e. The summed E-state index contributed by atoms with van der Waals surface area (Å²) in [4.78, 5) is 5.31. The molecular formula is C11H19NO4. The molecule has 3 N–H and O–H groups in total. The first-order chi connectivity index (χ1) is 7.72. The lowest BCUT2D eigenvalue weighted by molar-refractivity contribution is -0.217. The fraction of sp³-hybridized carbons (Fsp3) is 1.00. The lowest BCUT2D eigenvalue weighted by Crippen LogP contribution is -2.58. The Bertz CT molecular complexity index is 271. The molecule has 0 spiro atoms. The maximum Gasteiger partial charge on any atom is 0.135 e. The van der Waals surface area contributed by atoms with E-state index in [0.717, 1.165) is 19.3 Å². The van der Waals surface area contributed by atoms with E-state index in [2.05, 4.69) is 12.4 Å². The van der Waals surface area contributed by atoms with Gasteiger partial charge in [-0.05, 0) is 25.2 Å². The molecule has 3 rings (SSSR count). The van der Waals surface area contributed by atoms with Gasteiger partial charge in [-0.15, -0.1) is 0 Å². The summed E-state index contributed by atoms with van der Waals surface area (Å²) in [6, 6.07) is 0.119. The summed E-state index contributed by atoms with van der Waals surface area (Å²) in [6.07, 6.45) is 0.646. The van der Waals surface area contributed by atoms with E-state index >= 15 is 0 Å². The molecule has 2 aliphatic heterocycles. The Labute approximate surface area is 94.7 Å². The lowest BCUT2D eigenvalue weighted by Gasteiger charge is -2.39. The molecule has 1 saturated carbocycles. The van der Waals surface area contributed by atoms with E-state index in [0.29, 0.717) is 5.92 Å². The molecule has 6 atom stereocenters. The topological polar surface area (TPSA) is 71.0 Å². The van der Waals surface area contributed by atoms with Gasteiger partial charge in [-0.25, -0.2) is 0 Å². The Morgan fingerprint density at radius 2 is 1.81 bits per heavy atom. The van der Waals surface area contributed by atoms with E-state index in [4.69, 9.17) is 9.57 Å². The Morgan fingerprint density at radius 1 is 1.12 bits per heavy atom. The van der Waals surface area contributed by atoms with E-state index in [1.54, 1.807) is 0 Å². The van der Waals surface area contributed by atoms with Gasteiger partial charge in [0.15, 0.2) is 0 Å². The second kappa shape index (κ2) is 3.92. The first-order valence-electron chi connectivity index (χ1n) is 6.15. The van der Waals surface area contributed by atoms with Crippen LogP contribution < -0.4 is 5.48 Å². The fourth-order valence-electron chi connectivity index (χ4n) is 2.75. The molecule has 92 valence electrons. The van der Waals surface area contributed by atoms with Crippen molar-refractivity contribution in [2.24, 2.45) is 5.92 Å². The summed E-state index contributed by atoms with van der Waals surface area (Å²) in [6.45, 7) is 2.05. The summed E-state index contributed by atoms with van der Waals surface area (Å²) in [7, 11) is 0. The van der Waals surface area contributed by atoms with Gasteiger partial charge >= 0.3 is 0 Å². The van der Waals surface area contributed by atoms with Gasteiger partial charge in [-0.2, -0.15) is 5.48 Å². The van der Waals surface area contributed by atoms with Crippen molar-refractivity contribution in [2.45, 2.75) is 62.7 Å². The molecule has 3 fully saturated rings. The predicted molar refractivity (Wildman–Crippen MR) is 55.5 cm³/mol. The molecule has 2 saturated heterocycles. The zero-order valence-corrected chi connectivity index (χ0v) is 9.37. The van der Waals surface area contributed by atoms with E-state index in [1.165, 1.54) is 0 Å². The molecule has 5 nitrogen and oxygen atoms in total. The van der Waals surface area contributed by atoms with Gasteiger partial charge in [0.2, 0.25) is 0 Å². The van der Waals surface area contributed by atoms with Crippen molar-refractivity contribution in [2.75, 3.05) is 0 Å². The van der Waals surface area contributed by atoms with Crippen LogP contribution in [-0.2, 0) is 9.57 Å². The minimum absolute atomic E-state index is 0.119. The number of aliphatic hydroxyl groups is 2. The monoisotopic (exact) mass is 229 g/mol. The highest BCUT2D eigenvalue weighted by Crippen LogP contribution is 2.41. The van der Waals surface area contributed by atoms with Crippen molar-refractivity contribution >= 4 is 0 Å². The Kier molecular flexibility index (Phi) is 2.68. The number of hydrogen-bond donors (Lipinski definition) is 3. The van der Waals surface area contributed by atoms with Crippen molar-refractivity contribution in [3.8, 4) is 0 Å². The molecule has 2 heterocycles. The maximum atomic E-state index is 10.0. The lowest BCUT2D eigenvalue weighted by atomic mass is 9.90. The molecule has 1 aliphatic carbocycles. The standard InChI is InChI=1S/C11H19NO4/c1-2-6-10-11(16-12-6)8(14)7(13)9(15-10)5-3-4-5/h5-14H,2-4H2,1H3. The number of rotatable bonds is 2. The van der Waals surface area contributed by atoms with E-state index in [-0.39, 0.29) is 18.2 Å². The van der Waals surface area contributed by atoms with Crippen LogP contribution in [0, 0.1) is 5.92 Å². The number of aliphatic hydroxyl groups excluding tert-OH is 2. The first-order valence-corrected chi connectivity index (χ1v) is 6.15. The van der Waals surface area contributed by atoms with E-state index in [1.807, 2.05) is 0 Å². The van der Waals surface area contributed by atoms with Gasteiger partial charge < -0.3 is 14.9 Å². The molecule has 0 bridgehead atoms. The number of hydrogen-bond acceptors (Lipinski definition) is 5. The smallest absolute Gasteiger partial charge is 0.135 e. The van der Waals surface area contributed by atoms with Gasteiger partial charge in [-0.3, -0.25) is 4.84 Å². The van der Waals surface area contributed by atoms with Crippen LogP contribution >= 0.6 is 0 Å². The van der Waals surface area contributed by atoms with Crippen LogP contribution in [0.1, 0.15) is 26.2 Å². The third kappa shape index (κ3) is 1.58. The van der Waals surface area contributed by atoms with Gasteiger partial charge in [0.1, 0.15) is 24.4 Å². The molecular weight excluding hydrogens is 210 g/mol. The highest BCUT2D eigenvalue weighted by molar-refractivity contribution is 5.02. The summed E-state index contributed by atoms with van der Waals surface area (Å²) < 4.78 is 5.92. The summed E-state index contributed by atoms with van der Waals surface area (Å²) >= 11 is 0. The van der Waals surface area contributed by atoms with Crippen LogP contribution in [-0.4, -0.2) is 46.8 Å². The summed E-state index contributed by atoms with van der Waals surface area (Å²) in [5, 5.41) is 20.0. The number of fused-ring (bicyclic) bond motifs is 1. The molecule has 0 aromatic carbocycles. The molecule has 0 radical (unpaired) electrons. The average molecular weight is 229 g/mol. The van der Waals surface area contributed by atoms with Crippen LogP contribution in [0.2, 0.25) is 0 Å². The molecule has 16 heavy (non-hydrogen) atoms. The number of nitrogens with one attached hydrogen (secondary N) is 1. The first kappa shape index (κ1) is 10.9. The van der Waals surface area contributed by atoms with Crippen molar-refractivity contribution < 1.29 is 19.8 Å². The molecule has 6 unspecified atom stereocenters. The highest BCUT2D eigenvalue weighted by atomic mass is 16.7. The van der Waals surface area contributed by atoms with Gasteiger partial charge in [0, 0.05) is 0 Å². The zero-order chi connectivity index (χ0) is 11.3. The normalized spacial score (nSPS) is 52.7. The largest absolute Gasteiger partial charge is 0.388 e. The quantitative estimate of drug-likeness (QED) is 0.599. The van der Waals surface area contributed by atoms with Crippen LogP contribution in [0.4, 0.5) is 0 Å². The van der Waals surface area contributed by atoms with Crippen molar-refractivity contribution in [1.82, 2.24) is 5.48 Å². The van der Waals surface area contributed by atoms with Crippen LogP contribution in [0.5, 0.6) is 0 Å². The predicted octanol–water partition coefficient (Wildman–Crippen LogP) is -0.432. The highest BCUT2D eigenvalue weighted by Gasteiger charge is 2.54. The van der Waals surface area contributed by atoms with Crippen LogP contribution in [0.15, 0.2) is 0 Å². The van der Waals surface area contributed by atoms with Crippen molar-refractivity contribution in [3.05, 3.63) is 0 Å². The third-order valence-corrected chi connectivity index (χ3v) is 3.94. The van der Waals surface area contributed by atoms with E-state index < -0.39 is 18.3 Å². The molecule has 3 aliphatic rings. The maximum absolute atomic E-state index is 10.0. The van der Waals surface area contributed by atoms with Gasteiger partial charge in [0.25, 0.3) is 0 Å². The second-order valence-corrected chi connectivity index (χ2v) is 5.10. The Hall–Kier alpha value is -0.200. The van der Waals surface area contributed by atoms with Crippen LogP contribution in [0.3, 0.4) is 0 Å². The summed E-state index contributed by atoms with van der Waals surface area (Å²) in [5.74, 6) is 0.420. The van der Waals surface area contributed by atoms with Gasteiger partial charge in [-0.1, -0.05) is 6.92 Å². The Morgan fingerprint density at radius 3 is 2.44 bits per heavy atom. The second-order valence-electron chi connectivity index (χ2n) is 5.10. The van der Waals surface area contributed by atoms with Gasteiger partial charge in [0.05, 0.1) is 12.1 Å². The van der Waals surface area contributed by atoms with Crippen molar-refractivity contribution in [1.29, 1.82) is 0 Å².